The standard InChI is InChI=1S/C26H20N4O3S/c1-16(31)28-20-8-10-21(11-9-20)29-23(32)13-30-15-27-25-24(26(30)33)22(14-34-25)19-7-6-17-4-2-3-5-18(17)12-19/h2-12,14-15H,13H2,1H3,(H,28,31)(H,29,32). The molecule has 5 aromatic rings. The topological polar surface area (TPSA) is 93.1 Å². The molecule has 168 valence electrons. The number of nitrogens with zero attached hydrogens (tertiary/aromatic N) is 2. The number of amides is 2. The summed E-state index contributed by atoms with van der Waals surface area (Å²) in [4.78, 5) is 42.1. The number of fused-ring (bicyclic) bond motifs is 2. The minimum absolute atomic E-state index is 0.164. The molecule has 0 saturated carbocycles. The van der Waals surface area contributed by atoms with E-state index in [1.54, 1.807) is 24.3 Å². The molecule has 2 heterocycles. The fourth-order valence-electron chi connectivity index (χ4n) is 3.84. The fraction of sp³-hybridized carbons (Fsp3) is 0.0769. The van der Waals surface area contributed by atoms with Crippen LogP contribution in [-0.2, 0) is 16.1 Å². The largest absolute Gasteiger partial charge is 0.326 e. The summed E-state index contributed by atoms with van der Waals surface area (Å²) < 4.78 is 1.32. The van der Waals surface area contributed by atoms with Crippen LogP contribution in [0.4, 0.5) is 11.4 Å². The van der Waals surface area contributed by atoms with Crippen molar-refractivity contribution in [2.45, 2.75) is 13.5 Å². The first kappa shape index (κ1) is 21.5. The first-order valence-electron chi connectivity index (χ1n) is 10.6. The molecule has 0 unspecified atom stereocenters. The number of hydrogen-bond donors (Lipinski definition) is 2. The van der Waals surface area contributed by atoms with Crippen molar-refractivity contribution in [2.24, 2.45) is 0 Å². The Morgan fingerprint density at radius 2 is 1.65 bits per heavy atom. The molecule has 7 nitrogen and oxygen atoms in total. The van der Waals surface area contributed by atoms with Gasteiger partial charge in [0.2, 0.25) is 11.8 Å². The maximum atomic E-state index is 13.3. The van der Waals surface area contributed by atoms with Crippen molar-refractivity contribution in [3.8, 4) is 11.1 Å². The summed E-state index contributed by atoms with van der Waals surface area (Å²) in [7, 11) is 0. The highest BCUT2D eigenvalue weighted by atomic mass is 32.1. The van der Waals surface area contributed by atoms with Crippen molar-refractivity contribution in [2.75, 3.05) is 10.6 Å². The zero-order valence-corrected chi connectivity index (χ0v) is 19.1. The maximum absolute atomic E-state index is 13.3. The Morgan fingerprint density at radius 3 is 2.38 bits per heavy atom. The molecule has 5 rings (SSSR count). The summed E-state index contributed by atoms with van der Waals surface area (Å²) in [6.45, 7) is 1.26. The summed E-state index contributed by atoms with van der Waals surface area (Å²) in [5.74, 6) is -0.520. The number of carbonyl (C=O) groups is 2. The Bertz CT molecular complexity index is 1600. The van der Waals surface area contributed by atoms with Crippen LogP contribution in [-0.4, -0.2) is 21.4 Å². The maximum Gasteiger partial charge on any atom is 0.263 e. The van der Waals surface area contributed by atoms with Crippen molar-refractivity contribution in [3.05, 3.63) is 88.8 Å². The Labute approximate surface area is 198 Å². The van der Waals surface area contributed by atoms with Gasteiger partial charge in [0.15, 0.2) is 0 Å². The molecular weight excluding hydrogens is 448 g/mol. The summed E-state index contributed by atoms with van der Waals surface area (Å²) in [5.41, 5.74) is 2.69. The van der Waals surface area contributed by atoms with Gasteiger partial charge in [-0.3, -0.25) is 19.0 Å². The molecule has 0 saturated heterocycles. The van der Waals surface area contributed by atoms with Gasteiger partial charge in [0.05, 0.1) is 11.7 Å². The second-order valence-corrected chi connectivity index (χ2v) is 8.73. The van der Waals surface area contributed by atoms with Crippen LogP contribution in [0.5, 0.6) is 0 Å². The first-order chi connectivity index (χ1) is 16.5. The summed E-state index contributed by atoms with van der Waals surface area (Å²) in [6, 6.07) is 20.9. The van der Waals surface area contributed by atoms with E-state index in [0.29, 0.717) is 21.6 Å². The van der Waals surface area contributed by atoms with Gasteiger partial charge in [-0.15, -0.1) is 11.3 Å². The summed E-state index contributed by atoms with van der Waals surface area (Å²) >= 11 is 1.41. The minimum atomic E-state index is -0.349. The quantitative estimate of drug-likeness (QED) is 0.385. The van der Waals surface area contributed by atoms with Crippen LogP contribution in [0, 0.1) is 0 Å². The highest BCUT2D eigenvalue weighted by molar-refractivity contribution is 7.17. The fourth-order valence-corrected chi connectivity index (χ4v) is 4.75. The van der Waals surface area contributed by atoms with Crippen LogP contribution < -0.4 is 16.2 Å². The van der Waals surface area contributed by atoms with Gasteiger partial charge in [0.1, 0.15) is 11.4 Å². The average Bonchev–Trinajstić information content (AvgIpc) is 3.26. The molecule has 0 bridgehead atoms. The molecule has 0 aliphatic carbocycles. The number of aromatic nitrogens is 2. The van der Waals surface area contributed by atoms with Crippen LogP contribution in [0.3, 0.4) is 0 Å². The van der Waals surface area contributed by atoms with E-state index in [1.165, 1.54) is 29.2 Å². The predicted molar refractivity (Wildman–Crippen MR) is 136 cm³/mol. The van der Waals surface area contributed by atoms with E-state index in [4.69, 9.17) is 0 Å². The normalized spacial score (nSPS) is 11.0. The first-order valence-corrected chi connectivity index (χ1v) is 11.5. The number of carbonyl (C=O) groups excluding carboxylic acids is 2. The highest BCUT2D eigenvalue weighted by Gasteiger charge is 2.15. The van der Waals surface area contributed by atoms with E-state index < -0.39 is 0 Å². The minimum Gasteiger partial charge on any atom is -0.326 e. The summed E-state index contributed by atoms with van der Waals surface area (Å²) in [6.07, 6.45) is 1.41. The lowest BCUT2D eigenvalue weighted by Gasteiger charge is -2.09. The van der Waals surface area contributed by atoms with Gasteiger partial charge in [-0.25, -0.2) is 4.98 Å². The third-order valence-corrected chi connectivity index (χ3v) is 6.31. The molecule has 0 aliphatic heterocycles. The van der Waals surface area contributed by atoms with Crippen molar-refractivity contribution in [1.29, 1.82) is 0 Å². The second kappa shape index (κ2) is 8.92. The third-order valence-electron chi connectivity index (χ3n) is 5.42. The monoisotopic (exact) mass is 468 g/mol. The van der Waals surface area contributed by atoms with Crippen LogP contribution in [0.2, 0.25) is 0 Å². The molecular formula is C26H20N4O3S. The molecule has 0 spiro atoms. The molecule has 0 aliphatic rings. The van der Waals surface area contributed by atoms with Crippen molar-refractivity contribution in [1.82, 2.24) is 9.55 Å². The van der Waals surface area contributed by atoms with Crippen molar-refractivity contribution < 1.29 is 9.59 Å². The lowest BCUT2D eigenvalue weighted by molar-refractivity contribution is -0.117. The van der Waals surface area contributed by atoms with E-state index in [2.05, 4.69) is 21.7 Å². The van der Waals surface area contributed by atoms with Crippen LogP contribution in [0.1, 0.15) is 6.92 Å². The third kappa shape index (κ3) is 4.31. The molecule has 2 aromatic heterocycles. The molecule has 3 aromatic carbocycles. The lowest BCUT2D eigenvalue weighted by atomic mass is 10.0. The summed E-state index contributed by atoms with van der Waals surface area (Å²) in [5, 5.41) is 10.1. The van der Waals surface area contributed by atoms with Gasteiger partial charge in [-0.2, -0.15) is 0 Å². The lowest BCUT2D eigenvalue weighted by Crippen LogP contribution is -2.27. The van der Waals surface area contributed by atoms with Crippen molar-refractivity contribution in [3.63, 3.8) is 0 Å². The van der Waals surface area contributed by atoms with Gasteiger partial charge in [0.25, 0.3) is 5.56 Å². The number of thiophene rings is 1. The predicted octanol–water partition coefficient (Wildman–Crippen LogP) is 4.88. The Kier molecular flexibility index (Phi) is 5.65. The number of anilines is 2. The van der Waals surface area contributed by atoms with E-state index in [0.717, 1.165) is 21.9 Å². The number of rotatable bonds is 5. The van der Waals surface area contributed by atoms with E-state index in [-0.39, 0.29) is 23.9 Å². The van der Waals surface area contributed by atoms with Gasteiger partial charge in [-0.1, -0.05) is 36.4 Å². The zero-order chi connectivity index (χ0) is 23.7. The van der Waals surface area contributed by atoms with E-state index in [9.17, 15) is 14.4 Å². The molecule has 8 heteroatoms. The van der Waals surface area contributed by atoms with Crippen LogP contribution in [0.15, 0.2) is 83.2 Å². The Morgan fingerprint density at radius 1 is 0.941 bits per heavy atom. The van der Waals surface area contributed by atoms with E-state index >= 15 is 0 Å². The van der Waals surface area contributed by atoms with Gasteiger partial charge in [-0.05, 0) is 46.7 Å². The van der Waals surface area contributed by atoms with Gasteiger partial charge < -0.3 is 10.6 Å². The zero-order valence-electron chi connectivity index (χ0n) is 18.2. The van der Waals surface area contributed by atoms with Crippen LogP contribution in [0.25, 0.3) is 32.1 Å². The van der Waals surface area contributed by atoms with Crippen LogP contribution >= 0.6 is 11.3 Å². The number of hydrogen-bond acceptors (Lipinski definition) is 5. The molecule has 2 amide bonds. The number of nitrogens with one attached hydrogen (secondary N) is 2. The SMILES string of the molecule is CC(=O)Nc1ccc(NC(=O)Cn2cnc3scc(-c4ccc5ccccc5c4)c3c2=O)cc1. The second-order valence-electron chi connectivity index (χ2n) is 7.88. The number of benzene rings is 3. The van der Waals surface area contributed by atoms with Gasteiger partial charge >= 0.3 is 0 Å². The smallest absolute Gasteiger partial charge is 0.263 e. The Hall–Kier alpha value is -4.30. The van der Waals surface area contributed by atoms with E-state index in [1.807, 2.05) is 41.8 Å². The molecule has 34 heavy (non-hydrogen) atoms. The van der Waals surface area contributed by atoms with Gasteiger partial charge in [0, 0.05) is 29.2 Å². The Balaban J connectivity index is 1.41. The molecule has 0 radical (unpaired) electrons. The highest BCUT2D eigenvalue weighted by Crippen LogP contribution is 2.32. The average molecular weight is 469 g/mol. The molecule has 0 fully saturated rings. The molecule has 0 atom stereocenters. The van der Waals surface area contributed by atoms with Crippen molar-refractivity contribution >= 4 is 55.5 Å². The molecule has 2 N–H and O–H groups in total.